The number of halogens is 1. The quantitative estimate of drug-likeness (QED) is 0.565. The number of amides is 1. The first-order chi connectivity index (χ1) is 15.9. The minimum Gasteiger partial charge on any atom is -0.355 e. The highest BCUT2D eigenvalue weighted by Gasteiger charge is 2.32. The second kappa shape index (κ2) is 11.0. The first-order valence-electron chi connectivity index (χ1n) is 11.7. The van der Waals surface area contributed by atoms with Crippen molar-refractivity contribution in [1.82, 2.24) is 9.62 Å². The van der Waals surface area contributed by atoms with E-state index in [4.69, 9.17) is 0 Å². The van der Waals surface area contributed by atoms with Crippen LogP contribution in [-0.2, 0) is 33.4 Å². The Balaban J connectivity index is 1.22. The van der Waals surface area contributed by atoms with Crippen LogP contribution in [0.5, 0.6) is 0 Å². The van der Waals surface area contributed by atoms with E-state index in [2.05, 4.69) is 5.32 Å². The number of nitrogens with zero attached hydrogens (tertiary/aromatic N) is 1. The smallest absolute Gasteiger partial charge is 0.243 e. The third-order valence-corrected chi connectivity index (χ3v) is 9.45. The summed E-state index contributed by atoms with van der Waals surface area (Å²) in [6.45, 7) is 1.24. The summed E-state index contributed by atoms with van der Waals surface area (Å²) in [5.41, 5.74) is 3.09. The van der Waals surface area contributed by atoms with Crippen LogP contribution in [0.4, 0.5) is 4.39 Å². The van der Waals surface area contributed by atoms with Gasteiger partial charge >= 0.3 is 0 Å². The molecule has 8 heteroatoms. The van der Waals surface area contributed by atoms with Gasteiger partial charge in [0.1, 0.15) is 5.82 Å². The van der Waals surface area contributed by atoms with Gasteiger partial charge < -0.3 is 5.32 Å². The van der Waals surface area contributed by atoms with Crippen molar-refractivity contribution in [3.8, 4) is 0 Å². The lowest BCUT2D eigenvalue weighted by Gasteiger charge is -2.31. The standard InChI is InChI=1S/C25H31FN2O3S2/c26-24-8-4-3-7-22(24)18-32-16-13-27-25(29)20-11-14-28(15-12-20)33(30,31)23-10-9-19-5-1-2-6-21(19)17-23/h3-4,7-10,17,20H,1-2,5-6,11-16,18H2,(H,27,29). The monoisotopic (exact) mass is 490 g/mol. The number of nitrogens with one attached hydrogen (secondary N) is 1. The maximum Gasteiger partial charge on any atom is 0.243 e. The molecule has 2 aliphatic rings. The molecule has 0 aromatic heterocycles. The van der Waals surface area contributed by atoms with E-state index in [0.717, 1.165) is 24.8 Å². The summed E-state index contributed by atoms with van der Waals surface area (Å²) in [6.07, 6.45) is 5.30. The van der Waals surface area contributed by atoms with Crippen molar-refractivity contribution in [3.63, 3.8) is 0 Å². The van der Waals surface area contributed by atoms with Gasteiger partial charge in [-0.3, -0.25) is 4.79 Å². The van der Waals surface area contributed by atoms with Crippen LogP contribution in [0.2, 0.25) is 0 Å². The van der Waals surface area contributed by atoms with Gasteiger partial charge in [0.2, 0.25) is 15.9 Å². The molecule has 1 fully saturated rings. The summed E-state index contributed by atoms with van der Waals surface area (Å²) >= 11 is 1.58. The molecule has 0 unspecified atom stereocenters. The molecule has 4 rings (SSSR count). The number of thioether (sulfide) groups is 1. The molecule has 0 radical (unpaired) electrons. The fourth-order valence-electron chi connectivity index (χ4n) is 4.57. The number of sulfonamides is 1. The van der Waals surface area contributed by atoms with E-state index in [0.29, 0.717) is 54.4 Å². The van der Waals surface area contributed by atoms with Crippen LogP contribution < -0.4 is 5.32 Å². The molecule has 2 aromatic carbocycles. The SMILES string of the molecule is O=C(NCCSCc1ccccc1F)C1CCN(S(=O)(=O)c2ccc3c(c2)CCCC3)CC1. The summed E-state index contributed by atoms with van der Waals surface area (Å²) in [4.78, 5) is 12.9. The minimum atomic E-state index is -3.53. The van der Waals surface area contributed by atoms with Crippen molar-refractivity contribution in [3.05, 3.63) is 65.0 Å². The number of aryl methyl sites for hydroxylation is 2. The van der Waals surface area contributed by atoms with Crippen LogP contribution in [0.3, 0.4) is 0 Å². The van der Waals surface area contributed by atoms with Crippen molar-refractivity contribution in [1.29, 1.82) is 0 Å². The maximum atomic E-state index is 13.6. The van der Waals surface area contributed by atoms with Gasteiger partial charge in [-0.2, -0.15) is 16.1 Å². The predicted molar refractivity (Wildman–Crippen MR) is 130 cm³/mol. The van der Waals surface area contributed by atoms with E-state index in [-0.39, 0.29) is 17.6 Å². The first kappa shape index (κ1) is 24.2. The highest BCUT2D eigenvalue weighted by Crippen LogP contribution is 2.28. The van der Waals surface area contributed by atoms with Crippen LogP contribution in [0, 0.1) is 11.7 Å². The molecular formula is C25H31FN2O3S2. The van der Waals surface area contributed by atoms with Gasteiger partial charge in [0.25, 0.3) is 0 Å². The Bertz CT molecular complexity index is 1080. The molecule has 0 spiro atoms. The summed E-state index contributed by atoms with van der Waals surface area (Å²) < 4.78 is 41.4. The zero-order valence-electron chi connectivity index (χ0n) is 18.8. The van der Waals surface area contributed by atoms with Crippen molar-refractivity contribution >= 4 is 27.7 Å². The van der Waals surface area contributed by atoms with E-state index in [1.165, 1.54) is 22.4 Å². The molecule has 1 amide bonds. The van der Waals surface area contributed by atoms with E-state index >= 15 is 0 Å². The van der Waals surface area contributed by atoms with Gasteiger partial charge in [0.05, 0.1) is 4.90 Å². The van der Waals surface area contributed by atoms with Crippen molar-refractivity contribution < 1.29 is 17.6 Å². The van der Waals surface area contributed by atoms with Crippen molar-refractivity contribution in [2.45, 2.75) is 49.2 Å². The van der Waals surface area contributed by atoms with Crippen LogP contribution in [0.25, 0.3) is 0 Å². The minimum absolute atomic E-state index is 0.0210. The lowest BCUT2D eigenvalue weighted by molar-refractivity contribution is -0.125. The summed E-state index contributed by atoms with van der Waals surface area (Å²) in [7, 11) is -3.53. The van der Waals surface area contributed by atoms with Crippen LogP contribution in [-0.4, -0.2) is 44.0 Å². The number of carbonyl (C=O) groups is 1. The molecule has 1 saturated heterocycles. The zero-order valence-corrected chi connectivity index (χ0v) is 20.4. The van der Waals surface area contributed by atoms with Gasteiger partial charge in [0.15, 0.2) is 0 Å². The summed E-state index contributed by atoms with van der Waals surface area (Å²) in [5, 5.41) is 2.95. The number of benzene rings is 2. The second-order valence-electron chi connectivity index (χ2n) is 8.75. The molecule has 2 aromatic rings. The molecule has 1 aliphatic carbocycles. The fraction of sp³-hybridized carbons (Fsp3) is 0.480. The van der Waals surface area contributed by atoms with Gasteiger partial charge in [0, 0.05) is 37.1 Å². The number of fused-ring (bicyclic) bond motifs is 1. The van der Waals surface area contributed by atoms with Crippen LogP contribution in [0.15, 0.2) is 47.4 Å². The third kappa shape index (κ3) is 5.97. The molecule has 0 saturated carbocycles. The molecule has 5 nitrogen and oxygen atoms in total. The van der Waals surface area contributed by atoms with Gasteiger partial charge in [-0.1, -0.05) is 24.3 Å². The Morgan fingerprint density at radius 2 is 1.79 bits per heavy atom. The molecule has 0 bridgehead atoms. The summed E-state index contributed by atoms with van der Waals surface area (Å²) in [5.74, 6) is 0.877. The third-order valence-electron chi connectivity index (χ3n) is 6.54. The highest BCUT2D eigenvalue weighted by molar-refractivity contribution is 7.98. The normalized spacial score (nSPS) is 17.5. The number of hydrogen-bond acceptors (Lipinski definition) is 4. The lowest BCUT2D eigenvalue weighted by atomic mass is 9.92. The maximum absolute atomic E-state index is 13.6. The topological polar surface area (TPSA) is 66.5 Å². The van der Waals surface area contributed by atoms with E-state index in [9.17, 15) is 17.6 Å². The van der Waals surface area contributed by atoms with Crippen molar-refractivity contribution in [2.75, 3.05) is 25.4 Å². The lowest BCUT2D eigenvalue weighted by Crippen LogP contribution is -2.43. The second-order valence-corrected chi connectivity index (χ2v) is 11.8. The Hall–Kier alpha value is -1.90. The van der Waals surface area contributed by atoms with E-state index in [1.807, 2.05) is 18.2 Å². The molecule has 1 aliphatic heterocycles. The van der Waals surface area contributed by atoms with Crippen LogP contribution >= 0.6 is 11.8 Å². The molecule has 0 atom stereocenters. The van der Waals surface area contributed by atoms with E-state index in [1.54, 1.807) is 30.0 Å². The number of hydrogen-bond donors (Lipinski definition) is 1. The largest absolute Gasteiger partial charge is 0.355 e. The van der Waals surface area contributed by atoms with Gasteiger partial charge in [-0.15, -0.1) is 0 Å². The molecule has 1 heterocycles. The fourth-order valence-corrected chi connectivity index (χ4v) is 6.93. The number of rotatable bonds is 8. The molecule has 1 N–H and O–H groups in total. The molecule has 33 heavy (non-hydrogen) atoms. The average Bonchev–Trinajstić information content (AvgIpc) is 2.84. The number of piperidine rings is 1. The van der Waals surface area contributed by atoms with E-state index < -0.39 is 10.0 Å². The van der Waals surface area contributed by atoms with Gasteiger partial charge in [-0.05, 0) is 73.4 Å². The molecule has 178 valence electrons. The summed E-state index contributed by atoms with van der Waals surface area (Å²) in [6, 6.07) is 12.3. The average molecular weight is 491 g/mol. The first-order valence-corrected chi connectivity index (χ1v) is 14.3. The van der Waals surface area contributed by atoms with Gasteiger partial charge in [-0.25, -0.2) is 12.8 Å². The Labute approximate surface area is 200 Å². The molecular weight excluding hydrogens is 459 g/mol. The Morgan fingerprint density at radius 3 is 2.55 bits per heavy atom. The van der Waals surface area contributed by atoms with Crippen LogP contribution in [0.1, 0.15) is 42.4 Å². The Morgan fingerprint density at radius 1 is 1.06 bits per heavy atom. The van der Waals surface area contributed by atoms with Crippen molar-refractivity contribution in [2.24, 2.45) is 5.92 Å². The Kier molecular flexibility index (Phi) is 8.09. The predicted octanol–water partition coefficient (Wildman–Crippen LogP) is 4.15. The number of carbonyl (C=O) groups excluding carboxylic acids is 1. The highest BCUT2D eigenvalue weighted by atomic mass is 32.2. The zero-order chi connectivity index (χ0) is 23.3.